The largest absolute Gasteiger partial charge is 0.409 e. The van der Waals surface area contributed by atoms with E-state index >= 15 is 0 Å². The van der Waals surface area contributed by atoms with E-state index in [1.807, 2.05) is 0 Å². The molecule has 0 aromatic heterocycles. The van der Waals surface area contributed by atoms with Crippen molar-refractivity contribution in [3.8, 4) is 0 Å². The van der Waals surface area contributed by atoms with Crippen LogP contribution in [0, 0.1) is 5.92 Å². The molecule has 0 bridgehead atoms. The molecule has 0 aromatic carbocycles. The van der Waals surface area contributed by atoms with E-state index in [9.17, 15) is 0 Å². The number of hydrogen-bond acceptors (Lipinski definition) is 4. The zero-order valence-electron chi connectivity index (χ0n) is 11.6. The first-order chi connectivity index (χ1) is 8.63. The van der Waals surface area contributed by atoms with Gasteiger partial charge in [-0.2, -0.15) is 0 Å². The van der Waals surface area contributed by atoms with Crippen LogP contribution in [-0.4, -0.2) is 48.3 Å². The Hall–Kier alpha value is -0.810. The van der Waals surface area contributed by atoms with Crippen molar-refractivity contribution in [2.45, 2.75) is 45.6 Å². The molecule has 0 spiro atoms. The summed E-state index contributed by atoms with van der Waals surface area (Å²) in [4.78, 5) is 2.38. The van der Waals surface area contributed by atoms with Gasteiger partial charge in [-0.15, -0.1) is 0 Å². The van der Waals surface area contributed by atoms with E-state index in [-0.39, 0.29) is 0 Å². The maximum Gasteiger partial charge on any atom is 0.140 e. The number of nitrogens with two attached hydrogens (primary N) is 1. The predicted octanol–water partition coefficient (Wildman–Crippen LogP) is 1.65. The Kier molecular flexibility index (Phi) is 7.05. The van der Waals surface area contributed by atoms with Crippen molar-refractivity contribution in [3.63, 3.8) is 0 Å². The van der Waals surface area contributed by atoms with Crippen LogP contribution < -0.4 is 5.73 Å². The summed E-state index contributed by atoms with van der Waals surface area (Å²) in [6, 6.07) is 0.685. The molecule has 1 aliphatic carbocycles. The van der Waals surface area contributed by atoms with Gasteiger partial charge in [0.2, 0.25) is 0 Å². The van der Waals surface area contributed by atoms with Crippen LogP contribution in [0.5, 0.6) is 0 Å². The molecule has 1 saturated carbocycles. The lowest BCUT2D eigenvalue weighted by Crippen LogP contribution is -2.33. The summed E-state index contributed by atoms with van der Waals surface area (Å²) in [7, 11) is 0. The van der Waals surface area contributed by atoms with Gasteiger partial charge in [0.05, 0.1) is 6.61 Å². The SMILES string of the molecule is CC(C)CCOCCN(CC/C(N)=N/O)C1CC1. The molecule has 5 nitrogen and oxygen atoms in total. The maximum atomic E-state index is 8.52. The maximum absolute atomic E-state index is 8.52. The highest BCUT2D eigenvalue weighted by Gasteiger charge is 2.28. The van der Waals surface area contributed by atoms with Gasteiger partial charge in [0.25, 0.3) is 0 Å². The van der Waals surface area contributed by atoms with Gasteiger partial charge in [-0.3, -0.25) is 4.90 Å². The highest BCUT2D eigenvalue weighted by Crippen LogP contribution is 2.26. The van der Waals surface area contributed by atoms with Crippen molar-refractivity contribution in [1.82, 2.24) is 4.90 Å². The van der Waals surface area contributed by atoms with Gasteiger partial charge in [0, 0.05) is 32.2 Å². The Morgan fingerprint density at radius 3 is 2.67 bits per heavy atom. The molecule has 0 aromatic rings. The Bertz CT molecular complexity index is 253. The molecular formula is C13H27N3O2. The molecule has 5 heteroatoms. The zero-order valence-corrected chi connectivity index (χ0v) is 11.6. The van der Waals surface area contributed by atoms with Crippen molar-refractivity contribution in [1.29, 1.82) is 0 Å². The quantitative estimate of drug-likeness (QED) is 0.205. The van der Waals surface area contributed by atoms with Crippen LogP contribution in [-0.2, 0) is 4.74 Å². The fourth-order valence-electron chi connectivity index (χ4n) is 1.83. The van der Waals surface area contributed by atoms with E-state index in [1.54, 1.807) is 0 Å². The van der Waals surface area contributed by atoms with Crippen molar-refractivity contribution in [3.05, 3.63) is 0 Å². The lowest BCUT2D eigenvalue weighted by atomic mass is 10.1. The van der Waals surface area contributed by atoms with Crippen LogP contribution in [0.2, 0.25) is 0 Å². The molecular weight excluding hydrogens is 230 g/mol. The van der Waals surface area contributed by atoms with Crippen molar-refractivity contribution in [2.75, 3.05) is 26.3 Å². The summed E-state index contributed by atoms with van der Waals surface area (Å²) in [6.07, 6.45) is 4.27. The highest BCUT2D eigenvalue weighted by atomic mass is 16.5. The summed E-state index contributed by atoms with van der Waals surface area (Å²) < 4.78 is 5.63. The van der Waals surface area contributed by atoms with E-state index in [0.717, 1.165) is 32.7 Å². The lowest BCUT2D eigenvalue weighted by molar-refractivity contribution is 0.0943. The molecule has 1 aliphatic rings. The molecule has 1 fully saturated rings. The molecule has 18 heavy (non-hydrogen) atoms. The third-order valence-corrected chi connectivity index (χ3v) is 3.21. The van der Waals surface area contributed by atoms with Crippen LogP contribution >= 0.6 is 0 Å². The first kappa shape index (κ1) is 15.2. The Morgan fingerprint density at radius 1 is 1.39 bits per heavy atom. The number of hydrogen-bond donors (Lipinski definition) is 2. The Morgan fingerprint density at radius 2 is 2.11 bits per heavy atom. The second-order valence-corrected chi connectivity index (χ2v) is 5.40. The van der Waals surface area contributed by atoms with E-state index in [1.165, 1.54) is 12.8 Å². The summed E-state index contributed by atoms with van der Waals surface area (Å²) in [5.41, 5.74) is 5.49. The number of amidine groups is 1. The first-order valence-electron chi connectivity index (χ1n) is 6.91. The van der Waals surface area contributed by atoms with Crippen molar-refractivity contribution in [2.24, 2.45) is 16.8 Å². The summed E-state index contributed by atoms with van der Waals surface area (Å²) >= 11 is 0. The fourth-order valence-corrected chi connectivity index (χ4v) is 1.83. The standard InChI is InChI=1S/C13H27N3O2/c1-11(2)6-9-18-10-8-16(12-3-4-12)7-5-13(14)15-17/h11-12,17H,3-10H2,1-2H3,(H2,14,15). The fraction of sp³-hybridized carbons (Fsp3) is 0.923. The molecule has 1 rings (SSSR count). The number of nitrogens with zero attached hydrogens (tertiary/aromatic N) is 2. The Balaban J connectivity index is 2.10. The van der Waals surface area contributed by atoms with Crippen LogP contribution in [0.3, 0.4) is 0 Å². The molecule has 0 atom stereocenters. The minimum Gasteiger partial charge on any atom is -0.409 e. The number of ether oxygens (including phenoxy) is 1. The van der Waals surface area contributed by atoms with Crippen molar-refractivity contribution >= 4 is 5.84 Å². The van der Waals surface area contributed by atoms with Gasteiger partial charge >= 0.3 is 0 Å². The molecule has 0 radical (unpaired) electrons. The minimum atomic E-state index is 0.307. The minimum absolute atomic E-state index is 0.307. The van der Waals surface area contributed by atoms with Crippen LogP contribution in [0.15, 0.2) is 5.16 Å². The van der Waals surface area contributed by atoms with Crippen LogP contribution in [0.4, 0.5) is 0 Å². The third-order valence-electron chi connectivity index (χ3n) is 3.21. The topological polar surface area (TPSA) is 71.1 Å². The van der Waals surface area contributed by atoms with Gasteiger partial charge < -0.3 is 15.7 Å². The average molecular weight is 257 g/mol. The molecule has 0 aliphatic heterocycles. The lowest BCUT2D eigenvalue weighted by Gasteiger charge is -2.21. The van der Waals surface area contributed by atoms with E-state index < -0.39 is 0 Å². The van der Waals surface area contributed by atoms with Crippen molar-refractivity contribution < 1.29 is 9.94 Å². The predicted molar refractivity (Wildman–Crippen MR) is 72.9 cm³/mol. The number of oxime groups is 1. The van der Waals surface area contributed by atoms with E-state index in [4.69, 9.17) is 15.7 Å². The summed E-state index contributed by atoms with van der Waals surface area (Å²) in [5.74, 6) is 1.01. The Labute approximate surface area is 110 Å². The van der Waals surface area contributed by atoms with Gasteiger partial charge in [-0.1, -0.05) is 19.0 Å². The summed E-state index contributed by atoms with van der Waals surface area (Å²) in [6.45, 7) is 7.83. The normalized spacial score (nSPS) is 16.8. The molecule has 0 heterocycles. The van der Waals surface area contributed by atoms with Gasteiger partial charge in [0.1, 0.15) is 5.84 Å². The van der Waals surface area contributed by atoms with Crippen LogP contribution in [0.1, 0.15) is 39.5 Å². The second kappa shape index (κ2) is 8.32. The monoisotopic (exact) mass is 257 g/mol. The van der Waals surface area contributed by atoms with E-state index in [2.05, 4.69) is 23.9 Å². The molecule has 0 unspecified atom stereocenters. The van der Waals surface area contributed by atoms with Crippen LogP contribution in [0.25, 0.3) is 0 Å². The number of rotatable bonds is 10. The third kappa shape index (κ3) is 6.81. The summed E-state index contributed by atoms with van der Waals surface area (Å²) in [5, 5.41) is 11.5. The molecule has 0 saturated heterocycles. The zero-order chi connectivity index (χ0) is 13.4. The molecule has 3 N–H and O–H groups in total. The smallest absolute Gasteiger partial charge is 0.140 e. The van der Waals surface area contributed by atoms with Gasteiger partial charge in [-0.25, -0.2) is 0 Å². The molecule has 106 valence electrons. The van der Waals surface area contributed by atoms with Gasteiger partial charge in [-0.05, 0) is 25.2 Å². The van der Waals surface area contributed by atoms with E-state index in [0.29, 0.717) is 24.2 Å². The average Bonchev–Trinajstić information content (AvgIpc) is 3.15. The first-order valence-corrected chi connectivity index (χ1v) is 6.91. The molecule has 0 amide bonds. The van der Waals surface area contributed by atoms with Gasteiger partial charge in [0.15, 0.2) is 0 Å². The second-order valence-electron chi connectivity index (χ2n) is 5.40. The highest BCUT2D eigenvalue weighted by molar-refractivity contribution is 5.79.